The Balaban J connectivity index is 1.70. The maximum Gasteiger partial charge on any atom is 0.272 e. The highest BCUT2D eigenvalue weighted by Crippen LogP contribution is 2.48. The smallest absolute Gasteiger partial charge is 0.272 e. The Kier molecular flexibility index (Phi) is 4.94. The summed E-state index contributed by atoms with van der Waals surface area (Å²) in [5.41, 5.74) is 1.45. The van der Waals surface area contributed by atoms with E-state index in [-0.39, 0.29) is 19.1 Å². The van der Waals surface area contributed by atoms with Gasteiger partial charge in [0.2, 0.25) is 0 Å². The van der Waals surface area contributed by atoms with Crippen LogP contribution in [0, 0.1) is 13.5 Å². The molecule has 1 aromatic heterocycles. The number of carbonyl (C=O) groups excluding carboxylic acids is 1. The molecule has 1 saturated carbocycles. The highest BCUT2D eigenvalue weighted by Gasteiger charge is 2.59. The normalized spacial score (nSPS) is 17.4. The summed E-state index contributed by atoms with van der Waals surface area (Å²) in [7, 11) is 0. The molecule has 2 aromatic rings. The molecule has 1 aliphatic heterocycles. The van der Waals surface area contributed by atoms with Crippen LogP contribution in [-0.4, -0.2) is 39.9 Å². The second kappa shape index (κ2) is 7.43. The van der Waals surface area contributed by atoms with Gasteiger partial charge in [0.05, 0.1) is 12.3 Å². The molecule has 148 valence electrons. The molecule has 1 saturated heterocycles. The standard InChI is InChI=1S/C21H20N4O3S/c1-14-12-16(13-23-18(14)22-2)24-19(27)21(8-3-9-21)25(20(24)29)15-4-6-17(7-5-15)28-11-10-26/h4-7,12-13,26H,3,8-11H2,1H3. The predicted molar refractivity (Wildman–Crippen MR) is 113 cm³/mol. The zero-order valence-corrected chi connectivity index (χ0v) is 16.8. The van der Waals surface area contributed by atoms with Gasteiger partial charge in [-0.05, 0) is 74.3 Å². The van der Waals surface area contributed by atoms with E-state index in [2.05, 4.69) is 9.83 Å². The Bertz CT molecular complexity index is 1010. The van der Waals surface area contributed by atoms with Gasteiger partial charge in [-0.25, -0.2) is 0 Å². The number of ether oxygens (including phenoxy) is 1. The number of nitrogens with zero attached hydrogens (tertiary/aromatic N) is 4. The first-order valence-corrected chi connectivity index (χ1v) is 9.79. The molecular weight excluding hydrogens is 388 g/mol. The summed E-state index contributed by atoms with van der Waals surface area (Å²) in [5, 5.41) is 9.31. The molecule has 4 rings (SSSR count). The number of amides is 1. The number of aromatic nitrogens is 1. The highest BCUT2D eigenvalue weighted by atomic mass is 32.1. The Hall–Kier alpha value is -3.02. The van der Waals surface area contributed by atoms with Crippen molar-refractivity contribution in [3.05, 3.63) is 53.5 Å². The largest absolute Gasteiger partial charge is 0.491 e. The van der Waals surface area contributed by atoms with Crippen LogP contribution < -0.4 is 14.5 Å². The number of aliphatic hydroxyl groups is 1. The van der Waals surface area contributed by atoms with Crippen molar-refractivity contribution in [2.75, 3.05) is 23.0 Å². The molecule has 29 heavy (non-hydrogen) atoms. The molecule has 1 aromatic carbocycles. The number of carbonyl (C=O) groups is 1. The zero-order chi connectivity index (χ0) is 20.6. The minimum Gasteiger partial charge on any atom is -0.491 e. The number of anilines is 2. The van der Waals surface area contributed by atoms with Gasteiger partial charge in [0.15, 0.2) is 5.11 Å². The van der Waals surface area contributed by atoms with E-state index in [0.29, 0.717) is 27.9 Å². The van der Waals surface area contributed by atoms with Gasteiger partial charge in [0.25, 0.3) is 11.7 Å². The van der Waals surface area contributed by atoms with Crippen molar-refractivity contribution in [2.24, 2.45) is 0 Å². The Morgan fingerprint density at radius 1 is 1.31 bits per heavy atom. The lowest BCUT2D eigenvalue weighted by Crippen LogP contribution is -2.55. The number of hydrogen-bond acceptors (Lipinski definition) is 5. The molecule has 0 radical (unpaired) electrons. The van der Waals surface area contributed by atoms with Crippen LogP contribution in [0.2, 0.25) is 0 Å². The minimum absolute atomic E-state index is 0.0499. The quantitative estimate of drug-likeness (QED) is 0.604. The summed E-state index contributed by atoms with van der Waals surface area (Å²) in [6, 6.07) is 9.15. The number of thiocarbonyl (C=S) groups is 1. The van der Waals surface area contributed by atoms with E-state index >= 15 is 0 Å². The van der Waals surface area contributed by atoms with Crippen molar-refractivity contribution in [1.29, 1.82) is 0 Å². The SMILES string of the molecule is [C-]#[N+]c1ncc(N2C(=O)C3(CCC3)N(c3ccc(OCCO)cc3)C2=S)cc1C. The number of hydrogen-bond donors (Lipinski definition) is 1. The van der Waals surface area contributed by atoms with Gasteiger partial charge < -0.3 is 19.6 Å². The fourth-order valence-electron chi connectivity index (χ4n) is 3.86. The fourth-order valence-corrected chi connectivity index (χ4v) is 4.32. The first-order valence-electron chi connectivity index (χ1n) is 9.38. The van der Waals surface area contributed by atoms with Gasteiger partial charge in [-0.15, -0.1) is 4.98 Å². The number of aliphatic hydroxyl groups excluding tert-OH is 1. The van der Waals surface area contributed by atoms with Crippen molar-refractivity contribution in [3.63, 3.8) is 0 Å². The molecule has 0 unspecified atom stereocenters. The Morgan fingerprint density at radius 3 is 2.59 bits per heavy atom. The molecule has 1 aliphatic carbocycles. The van der Waals surface area contributed by atoms with Crippen LogP contribution >= 0.6 is 12.2 Å². The van der Waals surface area contributed by atoms with Crippen LogP contribution in [0.4, 0.5) is 17.2 Å². The molecule has 0 bridgehead atoms. The van der Waals surface area contributed by atoms with Gasteiger partial charge in [-0.1, -0.05) is 6.57 Å². The molecule has 2 fully saturated rings. The van der Waals surface area contributed by atoms with Crippen LogP contribution in [0.1, 0.15) is 24.8 Å². The Labute approximate surface area is 174 Å². The van der Waals surface area contributed by atoms with Gasteiger partial charge in [-0.3, -0.25) is 9.69 Å². The molecule has 8 heteroatoms. The average molecular weight is 408 g/mol. The zero-order valence-electron chi connectivity index (χ0n) is 16.0. The summed E-state index contributed by atoms with van der Waals surface area (Å²) in [4.78, 5) is 24.5. The van der Waals surface area contributed by atoms with Crippen LogP contribution in [0.3, 0.4) is 0 Å². The summed E-state index contributed by atoms with van der Waals surface area (Å²) < 4.78 is 5.43. The van der Waals surface area contributed by atoms with Crippen LogP contribution in [0.5, 0.6) is 5.75 Å². The van der Waals surface area contributed by atoms with E-state index in [1.54, 1.807) is 17.9 Å². The van der Waals surface area contributed by atoms with Gasteiger partial charge in [0, 0.05) is 5.69 Å². The van der Waals surface area contributed by atoms with Crippen molar-refractivity contribution < 1.29 is 14.6 Å². The lowest BCUT2D eigenvalue weighted by molar-refractivity contribution is -0.123. The van der Waals surface area contributed by atoms with E-state index < -0.39 is 5.54 Å². The van der Waals surface area contributed by atoms with Crippen LogP contribution in [0.25, 0.3) is 4.85 Å². The van der Waals surface area contributed by atoms with Crippen LogP contribution in [0.15, 0.2) is 36.5 Å². The second-order valence-electron chi connectivity index (χ2n) is 7.16. The van der Waals surface area contributed by atoms with Gasteiger partial charge in [-0.2, -0.15) is 0 Å². The molecule has 7 nitrogen and oxygen atoms in total. The molecule has 2 aliphatic rings. The van der Waals surface area contributed by atoms with E-state index in [0.717, 1.165) is 24.9 Å². The highest BCUT2D eigenvalue weighted by molar-refractivity contribution is 7.81. The molecule has 1 spiro atoms. The monoisotopic (exact) mass is 408 g/mol. The average Bonchev–Trinajstić information content (AvgIpc) is 2.93. The molecule has 1 amide bonds. The maximum absolute atomic E-state index is 13.4. The number of aryl methyl sites for hydroxylation is 1. The van der Waals surface area contributed by atoms with Crippen LogP contribution in [-0.2, 0) is 4.79 Å². The molecular formula is C21H20N4O3S. The fraction of sp³-hybridized carbons (Fsp3) is 0.333. The van der Waals surface area contributed by atoms with Crippen molar-refractivity contribution >= 4 is 40.4 Å². The minimum atomic E-state index is -0.670. The number of benzene rings is 1. The molecule has 0 atom stereocenters. The number of pyridine rings is 1. The molecule has 1 N–H and O–H groups in total. The lowest BCUT2D eigenvalue weighted by Gasteiger charge is -2.43. The summed E-state index contributed by atoms with van der Waals surface area (Å²) in [6.45, 7) is 9.15. The second-order valence-corrected chi connectivity index (χ2v) is 7.52. The first kappa shape index (κ1) is 19.3. The topological polar surface area (TPSA) is 70.3 Å². The molecule has 2 heterocycles. The van der Waals surface area contributed by atoms with Crippen molar-refractivity contribution in [3.8, 4) is 5.75 Å². The maximum atomic E-state index is 13.4. The van der Waals surface area contributed by atoms with Gasteiger partial charge in [0.1, 0.15) is 24.1 Å². The van der Waals surface area contributed by atoms with E-state index in [1.165, 1.54) is 6.20 Å². The summed E-state index contributed by atoms with van der Waals surface area (Å²) >= 11 is 5.74. The van der Waals surface area contributed by atoms with E-state index in [4.69, 9.17) is 28.6 Å². The first-order chi connectivity index (χ1) is 14.0. The summed E-state index contributed by atoms with van der Waals surface area (Å²) in [5.74, 6) is 0.916. The van der Waals surface area contributed by atoms with E-state index in [9.17, 15) is 4.79 Å². The predicted octanol–water partition coefficient (Wildman–Crippen LogP) is 3.37. The lowest BCUT2D eigenvalue weighted by atomic mass is 9.75. The van der Waals surface area contributed by atoms with Gasteiger partial charge >= 0.3 is 0 Å². The Morgan fingerprint density at radius 2 is 2.03 bits per heavy atom. The van der Waals surface area contributed by atoms with Crippen molar-refractivity contribution in [1.82, 2.24) is 4.98 Å². The third-order valence-corrected chi connectivity index (χ3v) is 5.81. The number of rotatable bonds is 5. The third kappa shape index (κ3) is 3.03. The summed E-state index contributed by atoms with van der Waals surface area (Å²) in [6.07, 6.45) is 3.96. The van der Waals surface area contributed by atoms with Crippen molar-refractivity contribution in [2.45, 2.75) is 31.7 Å². The third-order valence-electron chi connectivity index (χ3n) is 5.45. The van der Waals surface area contributed by atoms with E-state index in [1.807, 2.05) is 29.2 Å².